The Kier molecular flexibility index (Phi) is 293. The first-order chi connectivity index (χ1) is 5.50. The summed E-state index contributed by atoms with van der Waals surface area (Å²) in [5.74, 6) is 0. The predicted molar refractivity (Wildman–Crippen MR) is 65.7 cm³/mol. The van der Waals surface area contributed by atoms with Gasteiger partial charge in [-0.15, -0.1) is 0 Å². The minimum atomic E-state index is 0. The van der Waals surface area contributed by atoms with E-state index < -0.39 is 0 Å². The molecular formula is C11H26O3Ti. The molecule has 3 N–H and O–H groups in total. The first-order valence-electron chi connectivity index (χ1n) is 3.01. The van der Waals surface area contributed by atoms with Gasteiger partial charge < -0.3 is 37.6 Å². The average Bonchev–Trinajstić information content (AvgIpc) is 2.71. The molecule has 1 aromatic rings. The molecule has 0 bridgehead atoms. The van der Waals surface area contributed by atoms with Gasteiger partial charge in [0.15, 0.2) is 0 Å². The van der Waals surface area contributed by atoms with Crippen LogP contribution in [0.5, 0.6) is 0 Å². The van der Waals surface area contributed by atoms with Crippen LogP contribution in [0, 0.1) is 22.3 Å². The Morgan fingerprint density at radius 2 is 0.867 bits per heavy atom. The summed E-state index contributed by atoms with van der Waals surface area (Å²) in [6, 6.07) is 10.0. The second kappa shape index (κ2) is 95.6. The third-order valence-corrected chi connectivity index (χ3v) is 0.556. The van der Waals surface area contributed by atoms with Crippen molar-refractivity contribution in [3.8, 4) is 0 Å². The zero-order chi connectivity index (χ0) is 9.54. The van der Waals surface area contributed by atoms with E-state index in [4.69, 9.17) is 15.3 Å². The largest absolute Gasteiger partial charge is 4.00 e. The van der Waals surface area contributed by atoms with Gasteiger partial charge in [-0.3, -0.25) is 0 Å². The zero-order valence-electron chi connectivity index (χ0n) is 10.7. The zero-order valence-corrected chi connectivity index (χ0v) is 12.3. The molecule has 0 amide bonds. The fourth-order valence-electron chi connectivity index (χ4n) is 0.321. The third kappa shape index (κ3) is 81.4. The molecule has 0 saturated heterocycles. The fraction of sp³-hybridized carbons (Fsp3) is 0.273. The van der Waals surface area contributed by atoms with Crippen molar-refractivity contribution in [1.82, 2.24) is 0 Å². The number of hydrogen-bond acceptors (Lipinski definition) is 3. The van der Waals surface area contributed by atoms with E-state index in [1.165, 1.54) is 0 Å². The minimum Gasteiger partial charge on any atom is -0.400 e. The van der Waals surface area contributed by atoms with E-state index in [-0.39, 0.29) is 44.0 Å². The van der Waals surface area contributed by atoms with Crippen molar-refractivity contribution in [2.45, 2.75) is 0 Å². The Balaban J connectivity index is -0.0000000117. The Hall–Kier alpha value is -0.0557. The molecule has 0 aliphatic carbocycles. The molecule has 0 spiro atoms. The van der Waals surface area contributed by atoms with E-state index in [1.807, 2.05) is 30.3 Å². The fourth-order valence-corrected chi connectivity index (χ4v) is 0.321. The van der Waals surface area contributed by atoms with Gasteiger partial charge in [0.25, 0.3) is 0 Å². The van der Waals surface area contributed by atoms with Crippen LogP contribution in [0.25, 0.3) is 0 Å². The monoisotopic (exact) mass is 254 g/mol. The van der Waals surface area contributed by atoms with E-state index in [1.54, 1.807) is 0 Å². The van der Waals surface area contributed by atoms with Crippen LogP contribution in [-0.2, 0) is 21.7 Å². The van der Waals surface area contributed by atoms with Crippen molar-refractivity contribution >= 4 is 0 Å². The molecule has 0 aliphatic heterocycles. The van der Waals surface area contributed by atoms with E-state index >= 15 is 0 Å². The van der Waals surface area contributed by atoms with E-state index in [0.717, 1.165) is 21.3 Å². The maximum atomic E-state index is 7.00. The molecule has 0 unspecified atom stereocenters. The van der Waals surface area contributed by atoms with Gasteiger partial charge in [0.05, 0.1) is 0 Å². The molecule has 3 nitrogen and oxygen atoms in total. The summed E-state index contributed by atoms with van der Waals surface area (Å²) in [7, 11) is 3.00. The number of rotatable bonds is 0. The Morgan fingerprint density at radius 1 is 0.667 bits per heavy atom. The van der Waals surface area contributed by atoms with Crippen molar-refractivity contribution in [3.63, 3.8) is 0 Å². The first kappa shape index (κ1) is 46.0. The summed E-state index contributed by atoms with van der Waals surface area (Å²) < 4.78 is 0. The molecule has 0 atom stereocenters. The quantitative estimate of drug-likeness (QED) is 0.486. The van der Waals surface area contributed by atoms with Crippen LogP contribution in [0.3, 0.4) is 0 Å². The predicted octanol–water partition coefficient (Wildman–Crippen LogP) is 1.58. The smallest absolute Gasteiger partial charge is 0.400 e. The van der Waals surface area contributed by atoms with E-state index in [9.17, 15) is 0 Å². The number of aliphatic hydroxyl groups excluding tert-OH is 3. The maximum absolute atomic E-state index is 7.00. The Bertz CT molecular complexity index is 72.3. The van der Waals surface area contributed by atoms with Crippen molar-refractivity contribution in [2.75, 3.05) is 21.3 Å². The summed E-state index contributed by atoms with van der Waals surface area (Å²) in [6.07, 6.45) is 0. The molecule has 92 valence electrons. The Morgan fingerprint density at radius 3 is 0.933 bits per heavy atom. The van der Waals surface area contributed by atoms with Gasteiger partial charge in [-0.2, -0.15) is 18.2 Å². The first-order valence-corrected chi connectivity index (χ1v) is 3.01. The SMILES string of the molecule is CO.CO.CO.[CH3-].[CH3-].[CH3-].[Ti+4].c1cc[cH-]c1. The second-order valence-corrected chi connectivity index (χ2v) is 0.962. The van der Waals surface area contributed by atoms with Gasteiger partial charge in [0, 0.05) is 21.3 Å². The van der Waals surface area contributed by atoms with Gasteiger partial charge in [0.2, 0.25) is 0 Å². The summed E-state index contributed by atoms with van der Waals surface area (Å²) in [5.41, 5.74) is 0. The van der Waals surface area contributed by atoms with E-state index in [0.29, 0.717) is 0 Å². The molecule has 0 fully saturated rings. The second-order valence-electron chi connectivity index (χ2n) is 0.962. The summed E-state index contributed by atoms with van der Waals surface area (Å²) in [5, 5.41) is 21.0. The minimum absolute atomic E-state index is 0. The molecule has 1 aromatic carbocycles. The van der Waals surface area contributed by atoms with Crippen LogP contribution in [-0.4, -0.2) is 36.6 Å². The van der Waals surface area contributed by atoms with Gasteiger partial charge >= 0.3 is 21.7 Å². The molecule has 0 saturated carbocycles. The summed E-state index contributed by atoms with van der Waals surface area (Å²) >= 11 is 0. The van der Waals surface area contributed by atoms with Gasteiger partial charge in [0.1, 0.15) is 0 Å². The van der Waals surface area contributed by atoms with Crippen molar-refractivity contribution < 1.29 is 37.0 Å². The van der Waals surface area contributed by atoms with Crippen LogP contribution >= 0.6 is 0 Å². The van der Waals surface area contributed by atoms with Crippen LogP contribution in [0.1, 0.15) is 0 Å². The number of aliphatic hydroxyl groups is 3. The maximum Gasteiger partial charge on any atom is 4.00 e. The van der Waals surface area contributed by atoms with Crippen molar-refractivity contribution in [1.29, 1.82) is 0 Å². The number of hydrogen-bond donors (Lipinski definition) is 3. The molecule has 0 aliphatic rings. The normalized spacial score (nSPS) is 3.87. The van der Waals surface area contributed by atoms with Crippen molar-refractivity contribution in [2.24, 2.45) is 0 Å². The average molecular weight is 254 g/mol. The molecule has 0 aromatic heterocycles. The standard InChI is InChI=1S/C5H5.3CH4O.3CH3.Ti/c1-2-4-5-3-1;3*1-2;;;;/h1-5H;3*2H,1H3;3*1H3;/q-1;;;;3*-1;+4. The summed E-state index contributed by atoms with van der Waals surface area (Å²) in [6.45, 7) is 0. The topological polar surface area (TPSA) is 60.7 Å². The molecule has 1 rings (SSSR count). The van der Waals surface area contributed by atoms with Crippen LogP contribution in [0.2, 0.25) is 0 Å². The molecule has 15 heavy (non-hydrogen) atoms. The molecule has 4 heteroatoms. The van der Waals surface area contributed by atoms with Crippen LogP contribution < -0.4 is 0 Å². The van der Waals surface area contributed by atoms with Gasteiger partial charge in [-0.1, -0.05) is 0 Å². The van der Waals surface area contributed by atoms with Crippen LogP contribution in [0.4, 0.5) is 0 Å². The van der Waals surface area contributed by atoms with Crippen LogP contribution in [0.15, 0.2) is 30.3 Å². The van der Waals surface area contributed by atoms with Gasteiger partial charge in [-0.25, -0.2) is 12.1 Å². The molecule has 0 heterocycles. The molecule has 0 radical (unpaired) electrons. The third-order valence-electron chi connectivity index (χ3n) is 0.556. The van der Waals surface area contributed by atoms with Gasteiger partial charge in [-0.05, 0) is 0 Å². The van der Waals surface area contributed by atoms with E-state index in [2.05, 4.69) is 0 Å². The van der Waals surface area contributed by atoms with Crippen molar-refractivity contribution in [3.05, 3.63) is 52.6 Å². The molecular weight excluding hydrogens is 228 g/mol. The summed E-state index contributed by atoms with van der Waals surface area (Å²) in [4.78, 5) is 0. The Labute approximate surface area is 111 Å².